The lowest BCUT2D eigenvalue weighted by atomic mass is 9.99. The summed E-state index contributed by atoms with van der Waals surface area (Å²) in [7, 11) is 0. The van der Waals surface area contributed by atoms with E-state index in [4.69, 9.17) is 0 Å². The average molecular weight is 455 g/mol. The fraction of sp³-hybridized carbons (Fsp3) is 0.417. The first kappa shape index (κ1) is 24.2. The topological polar surface area (TPSA) is 115 Å². The Bertz CT molecular complexity index is 1040. The highest BCUT2D eigenvalue weighted by Crippen LogP contribution is 2.23. The van der Waals surface area contributed by atoms with Gasteiger partial charge in [0, 0.05) is 12.7 Å². The molecule has 2 heterocycles. The molecule has 1 aromatic heterocycles. The number of benzene rings is 1. The molecule has 0 aliphatic carbocycles. The van der Waals surface area contributed by atoms with E-state index in [1.807, 2.05) is 37.3 Å². The molecule has 9 nitrogen and oxygen atoms in total. The summed E-state index contributed by atoms with van der Waals surface area (Å²) in [6.45, 7) is 2.28. The number of nitrogens with zero attached hydrogens (tertiary/aromatic N) is 4. The summed E-state index contributed by atoms with van der Waals surface area (Å²) < 4.78 is 0.781. The SMILES string of the molecule is CCCC[C@H](CN(O)C=O)C(=O)N1CCC[C@H]1C(=O)N=c1cc(-c2ccccc2)ccn1O. The van der Waals surface area contributed by atoms with Gasteiger partial charge in [0.05, 0.1) is 12.5 Å². The van der Waals surface area contributed by atoms with Crippen LogP contribution >= 0.6 is 0 Å². The van der Waals surface area contributed by atoms with Gasteiger partial charge in [0.1, 0.15) is 6.04 Å². The molecule has 2 atom stereocenters. The van der Waals surface area contributed by atoms with E-state index in [0.29, 0.717) is 30.9 Å². The lowest BCUT2D eigenvalue weighted by molar-refractivity contribution is -0.157. The van der Waals surface area contributed by atoms with Crippen molar-refractivity contribution in [2.24, 2.45) is 10.9 Å². The number of hydrogen-bond donors (Lipinski definition) is 2. The van der Waals surface area contributed by atoms with Crippen LogP contribution < -0.4 is 5.49 Å². The standard InChI is InChI=1S/C24H30N4O5/c1-2-3-8-20(16-26(32)17-29)24(31)27-13-7-11-21(27)23(30)25-22-15-19(12-14-28(22)33)18-9-5-4-6-10-18/h4-6,9-10,12,14-15,17,20-21,32-33H,2-3,7-8,11,13,16H2,1H3/t20-,21+/m1/s1. The first-order valence-electron chi connectivity index (χ1n) is 11.2. The maximum absolute atomic E-state index is 13.2. The predicted molar refractivity (Wildman–Crippen MR) is 120 cm³/mol. The maximum Gasteiger partial charge on any atom is 0.270 e. The zero-order valence-electron chi connectivity index (χ0n) is 18.7. The van der Waals surface area contributed by atoms with Gasteiger partial charge < -0.3 is 10.1 Å². The normalized spacial score (nSPS) is 17.1. The molecule has 1 saturated heterocycles. The molecule has 176 valence electrons. The van der Waals surface area contributed by atoms with Crippen LogP contribution in [0.4, 0.5) is 0 Å². The molecule has 0 unspecified atom stereocenters. The van der Waals surface area contributed by atoms with Gasteiger partial charge in [-0.05, 0) is 42.5 Å². The summed E-state index contributed by atoms with van der Waals surface area (Å²) in [6, 6.07) is 12.1. The minimum absolute atomic E-state index is 0.0747. The third-order valence-electron chi connectivity index (χ3n) is 5.85. The summed E-state index contributed by atoms with van der Waals surface area (Å²) in [4.78, 5) is 42.7. The molecule has 9 heteroatoms. The van der Waals surface area contributed by atoms with Gasteiger partial charge >= 0.3 is 0 Å². The van der Waals surface area contributed by atoms with Crippen molar-refractivity contribution < 1.29 is 24.8 Å². The number of hydrogen-bond acceptors (Lipinski definition) is 5. The van der Waals surface area contributed by atoms with Crippen LogP contribution in [0, 0.1) is 5.92 Å². The molecule has 0 radical (unpaired) electrons. The van der Waals surface area contributed by atoms with Crippen LogP contribution in [0.15, 0.2) is 53.7 Å². The summed E-state index contributed by atoms with van der Waals surface area (Å²) in [5.74, 6) is -1.39. The Morgan fingerprint density at radius 3 is 2.70 bits per heavy atom. The van der Waals surface area contributed by atoms with Crippen molar-refractivity contribution in [2.75, 3.05) is 13.1 Å². The number of aromatic nitrogens is 1. The van der Waals surface area contributed by atoms with Gasteiger partial charge in [0.2, 0.25) is 12.3 Å². The van der Waals surface area contributed by atoms with Gasteiger partial charge in [-0.3, -0.25) is 19.6 Å². The minimum Gasteiger partial charge on any atom is -0.427 e. The molecule has 33 heavy (non-hydrogen) atoms. The Morgan fingerprint density at radius 2 is 2.00 bits per heavy atom. The molecular formula is C24H30N4O5. The van der Waals surface area contributed by atoms with E-state index < -0.39 is 17.9 Å². The number of hydroxylamine groups is 2. The Hall–Kier alpha value is -3.46. The Labute approximate surface area is 192 Å². The first-order chi connectivity index (χ1) is 15.9. The van der Waals surface area contributed by atoms with E-state index in [0.717, 1.165) is 28.7 Å². The number of unbranched alkanes of at least 4 members (excludes halogenated alkanes) is 1. The van der Waals surface area contributed by atoms with Crippen LogP contribution in [0.25, 0.3) is 11.1 Å². The number of pyridine rings is 1. The zero-order chi connectivity index (χ0) is 23.8. The third kappa shape index (κ3) is 6.07. The number of carbonyl (C=O) groups excluding carboxylic acids is 3. The molecule has 0 bridgehead atoms. The van der Waals surface area contributed by atoms with Crippen LogP contribution in [0.5, 0.6) is 0 Å². The average Bonchev–Trinajstić information content (AvgIpc) is 3.33. The van der Waals surface area contributed by atoms with Gasteiger partial charge in [-0.1, -0.05) is 50.1 Å². The van der Waals surface area contributed by atoms with Crippen molar-refractivity contribution in [2.45, 2.75) is 45.1 Å². The molecular weight excluding hydrogens is 424 g/mol. The van der Waals surface area contributed by atoms with Crippen LogP contribution in [0.3, 0.4) is 0 Å². The second-order valence-electron chi connectivity index (χ2n) is 8.19. The highest BCUT2D eigenvalue weighted by molar-refractivity contribution is 5.89. The van der Waals surface area contributed by atoms with E-state index >= 15 is 0 Å². The van der Waals surface area contributed by atoms with Crippen molar-refractivity contribution in [3.8, 4) is 11.1 Å². The first-order valence-corrected chi connectivity index (χ1v) is 11.2. The second-order valence-corrected chi connectivity index (χ2v) is 8.19. The second kappa shape index (κ2) is 11.4. The zero-order valence-corrected chi connectivity index (χ0v) is 18.7. The fourth-order valence-electron chi connectivity index (χ4n) is 4.10. The molecule has 0 saturated carbocycles. The molecule has 1 fully saturated rings. The van der Waals surface area contributed by atoms with Crippen molar-refractivity contribution in [1.29, 1.82) is 0 Å². The molecule has 2 N–H and O–H groups in total. The smallest absolute Gasteiger partial charge is 0.270 e. The van der Waals surface area contributed by atoms with Crippen molar-refractivity contribution in [3.63, 3.8) is 0 Å². The van der Waals surface area contributed by atoms with Gasteiger partial charge in [-0.15, -0.1) is 0 Å². The molecule has 3 amide bonds. The van der Waals surface area contributed by atoms with Crippen LogP contribution in [-0.4, -0.2) is 62.5 Å². The van der Waals surface area contributed by atoms with Crippen LogP contribution in [-0.2, 0) is 14.4 Å². The number of amides is 3. The molecule has 2 aromatic rings. The Kier molecular flexibility index (Phi) is 8.37. The summed E-state index contributed by atoms with van der Waals surface area (Å²) in [5.41, 5.74) is 1.79. The third-order valence-corrected chi connectivity index (χ3v) is 5.85. The van der Waals surface area contributed by atoms with E-state index in [-0.39, 0.29) is 24.3 Å². The van der Waals surface area contributed by atoms with E-state index in [2.05, 4.69) is 4.99 Å². The van der Waals surface area contributed by atoms with Gasteiger partial charge in [-0.2, -0.15) is 9.72 Å². The summed E-state index contributed by atoms with van der Waals surface area (Å²) in [6.07, 6.45) is 4.94. The molecule has 1 aromatic carbocycles. The number of likely N-dealkylation sites (tertiary alicyclic amines) is 1. The Balaban J connectivity index is 1.83. The lowest BCUT2D eigenvalue weighted by Gasteiger charge is -2.28. The molecule has 0 spiro atoms. The van der Waals surface area contributed by atoms with Gasteiger partial charge in [0.25, 0.3) is 5.91 Å². The van der Waals surface area contributed by atoms with E-state index in [1.165, 1.54) is 11.1 Å². The van der Waals surface area contributed by atoms with Crippen LogP contribution in [0.1, 0.15) is 39.0 Å². The largest absolute Gasteiger partial charge is 0.427 e. The fourth-order valence-corrected chi connectivity index (χ4v) is 4.10. The van der Waals surface area contributed by atoms with Crippen molar-refractivity contribution >= 4 is 18.2 Å². The van der Waals surface area contributed by atoms with Gasteiger partial charge in [0.15, 0.2) is 5.49 Å². The Morgan fingerprint density at radius 1 is 1.24 bits per heavy atom. The summed E-state index contributed by atoms with van der Waals surface area (Å²) >= 11 is 0. The monoisotopic (exact) mass is 454 g/mol. The van der Waals surface area contributed by atoms with Crippen molar-refractivity contribution in [3.05, 3.63) is 54.1 Å². The van der Waals surface area contributed by atoms with E-state index in [1.54, 1.807) is 12.1 Å². The number of carbonyl (C=O) groups is 3. The van der Waals surface area contributed by atoms with E-state index in [9.17, 15) is 24.8 Å². The predicted octanol–water partition coefficient (Wildman–Crippen LogP) is 2.46. The molecule has 1 aliphatic rings. The highest BCUT2D eigenvalue weighted by atomic mass is 16.5. The lowest BCUT2D eigenvalue weighted by Crippen LogP contribution is -2.46. The molecule has 1 aliphatic heterocycles. The molecule has 3 rings (SSSR count). The van der Waals surface area contributed by atoms with Gasteiger partial charge in [-0.25, -0.2) is 5.06 Å². The number of rotatable bonds is 9. The highest BCUT2D eigenvalue weighted by Gasteiger charge is 2.37. The van der Waals surface area contributed by atoms with Crippen LogP contribution in [0.2, 0.25) is 0 Å². The maximum atomic E-state index is 13.2. The summed E-state index contributed by atoms with van der Waals surface area (Å²) in [5, 5.41) is 20.3. The minimum atomic E-state index is -0.745. The van der Waals surface area contributed by atoms with Crippen molar-refractivity contribution in [1.82, 2.24) is 14.7 Å². The quantitative estimate of drug-likeness (QED) is 0.261.